The van der Waals surface area contributed by atoms with Gasteiger partial charge in [0.15, 0.2) is 0 Å². The molecule has 4 N–H and O–H groups in total. The molecule has 7 nitrogen and oxygen atoms in total. The number of primary amides is 1. The molecule has 33 heavy (non-hydrogen) atoms. The lowest BCUT2D eigenvalue weighted by Gasteiger charge is -2.14. The van der Waals surface area contributed by atoms with Gasteiger partial charge in [-0.3, -0.25) is 9.59 Å². The Labute approximate surface area is 190 Å². The Morgan fingerprint density at radius 3 is 2.18 bits per heavy atom. The number of ether oxygens (including phenoxy) is 1. The molecule has 0 aliphatic heterocycles. The first kappa shape index (κ1) is 23.5. The number of carboxylic acids is 1. The number of hydrogen-bond acceptors (Lipinski definition) is 4. The molecular weight excluding hydrogens is 427 g/mol. The van der Waals surface area contributed by atoms with Gasteiger partial charge in [-0.15, -0.1) is 0 Å². The van der Waals surface area contributed by atoms with Gasteiger partial charge in [0, 0.05) is 12.0 Å². The lowest BCUT2D eigenvalue weighted by molar-refractivity contribution is -0.139. The quantitative estimate of drug-likeness (QED) is 0.437. The van der Waals surface area contributed by atoms with Crippen LogP contribution in [-0.2, 0) is 16.2 Å². The van der Waals surface area contributed by atoms with E-state index in [1.807, 2.05) is 12.1 Å². The number of nitrogens with two attached hydrogens (primary N) is 1. The maximum absolute atomic E-state index is 13.2. The zero-order chi connectivity index (χ0) is 23.8. The van der Waals surface area contributed by atoms with Crippen LogP contribution in [0.15, 0.2) is 72.8 Å². The lowest BCUT2D eigenvalue weighted by Crippen LogP contribution is -2.41. The smallest absolute Gasteiger partial charge is 0.326 e. The van der Waals surface area contributed by atoms with E-state index in [0.29, 0.717) is 11.3 Å². The van der Waals surface area contributed by atoms with E-state index in [0.717, 1.165) is 16.7 Å². The second-order valence-corrected chi connectivity index (χ2v) is 7.39. The first-order chi connectivity index (χ1) is 15.8. The number of amides is 2. The molecule has 0 aromatic heterocycles. The van der Waals surface area contributed by atoms with Crippen molar-refractivity contribution in [1.82, 2.24) is 5.32 Å². The number of benzene rings is 3. The Morgan fingerprint density at radius 2 is 1.61 bits per heavy atom. The highest BCUT2D eigenvalue weighted by molar-refractivity contribution is 5.97. The zero-order valence-corrected chi connectivity index (χ0v) is 17.7. The Kier molecular flexibility index (Phi) is 7.75. The van der Waals surface area contributed by atoms with E-state index in [1.54, 1.807) is 48.5 Å². The van der Waals surface area contributed by atoms with Gasteiger partial charge in [-0.25, -0.2) is 9.18 Å². The van der Waals surface area contributed by atoms with Crippen LogP contribution < -0.4 is 15.8 Å². The van der Waals surface area contributed by atoms with Gasteiger partial charge in [-0.2, -0.15) is 0 Å². The van der Waals surface area contributed by atoms with Crippen LogP contribution in [0.2, 0.25) is 0 Å². The second-order valence-electron chi connectivity index (χ2n) is 7.39. The van der Waals surface area contributed by atoms with Gasteiger partial charge in [0.1, 0.15) is 24.2 Å². The van der Waals surface area contributed by atoms with Gasteiger partial charge < -0.3 is 20.9 Å². The van der Waals surface area contributed by atoms with Crippen molar-refractivity contribution >= 4 is 17.8 Å². The molecule has 0 unspecified atom stereocenters. The third-order valence-corrected chi connectivity index (χ3v) is 4.91. The van der Waals surface area contributed by atoms with Crippen molar-refractivity contribution in [1.29, 1.82) is 0 Å². The van der Waals surface area contributed by atoms with Crippen LogP contribution in [0.25, 0.3) is 11.1 Å². The molecule has 170 valence electrons. The SMILES string of the molecule is NC(=O)CC[C@H](NC(=O)c1ccc(-c2ccc(OCc3cccc(F)c3)cc2)cc1)C(=O)O. The molecule has 0 bridgehead atoms. The summed E-state index contributed by atoms with van der Waals surface area (Å²) in [6, 6.07) is 19.0. The largest absolute Gasteiger partial charge is 0.489 e. The van der Waals surface area contributed by atoms with Crippen molar-refractivity contribution in [3.63, 3.8) is 0 Å². The summed E-state index contributed by atoms with van der Waals surface area (Å²) in [6.45, 7) is 0.248. The molecule has 0 fully saturated rings. The van der Waals surface area contributed by atoms with Gasteiger partial charge in [-0.1, -0.05) is 36.4 Å². The predicted molar refractivity (Wildman–Crippen MR) is 120 cm³/mol. The predicted octanol–water partition coefficient (Wildman–Crippen LogP) is 3.52. The van der Waals surface area contributed by atoms with Gasteiger partial charge in [0.2, 0.25) is 5.91 Å². The highest BCUT2D eigenvalue weighted by Crippen LogP contribution is 2.23. The average molecular weight is 450 g/mol. The minimum Gasteiger partial charge on any atom is -0.489 e. The highest BCUT2D eigenvalue weighted by atomic mass is 19.1. The summed E-state index contributed by atoms with van der Waals surface area (Å²) in [6.07, 6.45) is -0.222. The molecule has 0 aliphatic carbocycles. The molecule has 0 saturated carbocycles. The third kappa shape index (κ3) is 6.90. The van der Waals surface area contributed by atoms with Crippen LogP contribution in [0.5, 0.6) is 5.75 Å². The minimum absolute atomic E-state index is 0.0812. The fourth-order valence-electron chi connectivity index (χ4n) is 3.14. The van der Waals surface area contributed by atoms with E-state index in [2.05, 4.69) is 5.32 Å². The van der Waals surface area contributed by atoms with Crippen LogP contribution in [0.1, 0.15) is 28.8 Å². The molecule has 0 heterocycles. The summed E-state index contributed by atoms with van der Waals surface area (Å²) in [7, 11) is 0. The minimum atomic E-state index is -1.24. The Bertz CT molecular complexity index is 1130. The number of hydrogen-bond donors (Lipinski definition) is 3. The van der Waals surface area contributed by atoms with Gasteiger partial charge >= 0.3 is 5.97 Å². The van der Waals surface area contributed by atoms with Crippen LogP contribution in [0, 0.1) is 5.82 Å². The van der Waals surface area contributed by atoms with Crippen molar-refractivity contribution in [2.75, 3.05) is 0 Å². The van der Waals surface area contributed by atoms with Crippen molar-refractivity contribution in [2.24, 2.45) is 5.73 Å². The Balaban J connectivity index is 1.60. The van der Waals surface area contributed by atoms with Crippen LogP contribution in [0.3, 0.4) is 0 Å². The van der Waals surface area contributed by atoms with E-state index < -0.39 is 23.8 Å². The number of carbonyl (C=O) groups is 3. The summed E-state index contributed by atoms with van der Waals surface area (Å²) in [4.78, 5) is 34.6. The molecule has 0 radical (unpaired) electrons. The Hall–Kier alpha value is -4.20. The molecular formula is C25H23FN2O5. The van der Waals surface area contributed by atoms with Gasteiger partial charge in [-0.05, 0) is 59.5 Å². The molecule has 0 spiro atoms. The van der Waals surface area contributed by atoms with Crippen molar-refractivity contribution in [2.45, 2.75) is 25.5 Å². The monoisotopic (exact) mass is 450 g/mol. The number of carboxylic acid groups (broad SMARTS) is 1. The van der Waals surface area contributed by atoms with Gasteiger partial charge in [0.25, 0.3) is 5.91 Å². The van der Waals surface area contributed by atoms with Crippen LogP contribution in [0.4, 0.5) is 4.39 Å². The van der Waals surface area contributed by atoms with E-state index in [1.165, 1.54) is 12.1 Å². The molecule has 3 rings (SSSR count). The number of rotatable bonds is 10. The second kappa shape index (κ2) is 10.9. The van der Waals surface area contributed by atoms with E-state index in [9.17, 15) is 23.9 Å². The first-order valence-corrected chi connectivity index (χ1v) is 10.2. The summed E-state index contributed by atoms with van der Waals surface area (Å²) in [5.41, 5.74) is 7.81. The topological polar surface area (TPSA) is 119 Å². The summed E-state index contributed by atoms with van der Waals surface area (Å²) >= 11 is 0. The highest BCUT2D eigenvalue weighted by Gasteiger charge is 2.21. The summed E-state index contributed by atoms with van der Waals surface area (Å²) < 4.78 is 18.9. The van der Waals surface area contributed by atoms with E-state index in [-0.39, 0.29) is 25.3 Å². The number of carbonyl (C=O) groups excluding carboxylic acids is 2. The summed E-state index contributed by atoms with van der Waals surface area (Å²) in [5, 5.41) is 11.6. The van der Waals surface area contributed by atoms with Gasteiger partial charge in [0.05, 0.1) is 0 Å². The molecule has 2 amide bonds. The lowest BCUT2D eigenvalue weighted by atomic mass is 10.0. The van der Waals surface area contributed by atoms with Crippen molar-refractivity contribution in [3.8, 4) is 16.9 Å². The fourth-order valence-corrected chi connectivity index (χ4v) is 3.14. The fraction of sp³-hybridized carbons (Fsp3) is 0.160. The molecule has 0 saturated heterocycles. The van der Waals surface area contributed by atoms with Crippen molar-refractivity contribution in [3.05, 3.63) is 89.7 Å². The number of aliphatic carboxylic acids is 1. The maximum atomic E-state index is 13.2. The number of nitrogens with one attached hydrogen (secondary N) is 1. The molecule has 3 aromatic carbocycles. The molecule has 8 heteroatoms. The number of halogens is 1. The zero-order valence-electron chi connectivity index (χ0n) is 17.7. The molecule has 3 aromatic rings. The average Bonchev–Trinajstić information content (AvgIpc) is 2.80. The molecule has 0 aliphatic rings. The Morgan fingerprint density at radius 1 is 0.970 bits per heavy atom. The van der Waals surface area contributed by atoms with Crippen LogP contribution >= 0.6 is 0 Å². The van der Waals surface area contributed by atoms with E-state index in [4.69, 9.17) is 10.5 Å². The maximum Gasteiger partial charge on any atom is 0.326 e. The normalized spacial score (nSPS) is 11.4. The van der Waals surface area contributed by atoms with E-state index >= 15 is 0 Å². The standard InChI is InChI=1S/C25H23FN2O5/c26-20-3-1-2-16(14-20)15-33-21-10-8-18(9-11-21)17-4-6-19(7-5-17)24(30)28-22(25(31)32)12-13-23(27)29/h1-11,14,22H,12-13,15H2,(H2,27,29)(H,28,30)(H,31,32)/t22-/m0/s1. The third-order valence-electron chi connectivity index (χ3n) is 4.91. The summed E-state index contributed by atoms with van der Waals surface area (Å²) in [5.74, 6) is -2.10. The van der Waals surface area contributed by atoms with Crippen LogP contribution in [-0.4, -0.2) is 28.9 Å². The first-order valence-electron chi connectivity index (χ1n) is 10.2. The van der Waals surface area contributed by atoms with Crippen molar-refractivity contribution < 1.29 is 28.6 Å². The molecule has 1 atom stereocenters.